The molecule has 1 saturated heterocycles. The highest BCUT2D eigenvalue weighted by atomic mass is 16.5. The van der Waals surface area contributed by atoms with Crippen molar-refractivity contribution in [3.05, 3.63) is 11.8 Å². The molecule has 1 aromatic rings. The van der Waals surface area contributed by atoms with Gasteiger partial charge in [0.15, 0.2) is 0 Å². The molecule has 3 atom stereocenters. The topological polar surface area (TPSA) is 68.2 Å². The third-order valence-corrected chi connectivity index (χ3v) is 9.65. The third kappa shape index (κ3) is 6.61. The first kappa shape index (κ1) is 25.1. The molecule has 2 N–H and O–H groups in total. The van der Waals surface area contributed by atoms with Crippen molar-refractivity contribution >= 4 is 5.91 Å². The van der Waals surface area contributed by atoms with Crippen LogP contribution in [0.2, 0.25) is 0 Å². The number of nitrogens with one attached hydrogen (secondary N) is 2. The number of aryl methyl sites for hydroxylation is 1. The zero-order valence-electron chi connectivity index (χ0n) is 22.0. The number of carbonyl (C=O) groups excluding carboxylic acids is 1. The lowest BCUT2D eigenvalue weighted by Crippen LogP contribution is -2.42. The number of hydrogen-bond acceptors (Lipinski definition) is 4. The molecule has 2 heterocycles. The van der Waals surface area contributed by atoms with E-state index in [9.17, 15) is 4.79 Å². The van der Waals surface area contributed by atoms with E-state index >= 15 is 0 Å². The van der Waals surface area contributed by atoms with Crippen molar-refractivity contribution in [1.29, 1.82) is 0 Å². The zero-order valence-corrected chi connectivity index (χ0v) is 22.0. The summed E-state index contributed by atoms with van der Waals surface area (Å²) in [5.41, 5.74) is 0.633. The van der Waals surface area contributed by atoms with Gasteiger partial charge >= 0.3 is 0 Å². The Morgan fingerprint density at radius 3 is 2.51 bits per heavy atom. The summed E-state index contributed by atoms with van der Waals surface area (Å²) in [4.78, 5) is 13.5. The van der Waals surface area contributed by atoms with Crippen LogP contribution in [0.5, 0.6) is 5.88 Å². The molecule has 4 aliphatic rings. The van der Waals surface area contributed by atoms with Crippen LogP contribution in [0.1, 0.15) is 107 Å². The van der Waals surface area contributed by atoms with Crippen molar-refractivity contribution in [3.63, 3.8) is 0 Å². The van der Waals surface area contributed by atoms with Crippen LogP contribution in [0.4, 0.5) is 0 Å². The Balaban J connectivity index is 1.24. The Morgan fingerprint density at radius 2 is 1.77 bits per heavy atom. The fourth-order valence-corrected chi connectivity index (χ4v) is 7.46. The van der Waals surface area contributed by atoms with Gasteiger partial charge in [-0.1, -0.05) is 38.5 Å². The quantitative estimate of drug-likeness (QED) is 0.481. The van der Waals surface area contributed by atoms with Crippen molar-refractivity contribution in [3.8, 4) is 5.88 Å². The Bertz CT molecular complexity index is 800. The average molecular weight is 485 g/mol. The van der Waals surface area contributed by atoms with Crippen LogP contribution in [0.15, 0.2) is 6.20 Å². The smallest absolute Gasteiger partial charge is 0.258 e. The maximum Gasteiger partial charge on any atom is 0.258 e. The molecule has 0 radical (unpaired) electrons. The van der Waals surface area contributed by atoms with Crippen LogP contribution in [0.25, 0.3) is 0 Å². The number of rotatable bonds is 9. The lowest BCUT2D eigenvalue weighted by atomic mass is 9.66. The summed E-state index contributed by atoms with van der Waals surface area (Å²) in [7, 11) is 0. The van der Waals surface area contributed by atoms with Crippen molar-refractivity contribution < 1.29 is 9.53 Å². The fourth-order valence-electron chi connectivity index (χ4n) is 7.46. The molecule has 3 aliphatic carbocycles. The molecule has 6 nitrogen and oxygen atoms in total. The van der Waals surface area contributed by atoms with Crippen LogP contribution in [-0.2, 0) is 6.54 Å². The minimum Gasteiger partial charge on any atom is -0.477 e. The van der Waals surface area contributed by atoms with Gasteiger partial charge in [0.05, 0.1) is 12.8 Å². The molecule has 0 aromatic carbocycles. The van der Waals surface area contributed by atoms with E-state index in [1.54, 1.807) is 6.20 Å². The molecular weight excluding hydrogens is 436 g/mol. The Labute approximate surface area is 212 Å². The first-order valence-electron chi connectivity index (χ1n) is 14.9. The Kier molecular flexibility index (Phi) is 8.69. The number of ether oxygens (including phenoxy) is 1. The Morgan fingerprint density at radius 1 is 1.03 bits per heavy atom. The normalized spacial score (nSPS) is 29.0. The number of amides is 1. The van der Waals surface area contributed by atoms with E-state index in [2.05, 4.69) is 22.7 Å². The standard InChI is InChI=1S/C29H48N4O2/c1-21(26-17-24-8-5-9-25(16-24)18-26)32-28(34)27-19-31-33(15-12-22-10-13-30-14-11-22)29(27)35-20-23-6-3-2-4-7-23/h19,21-26,30H,2-18,20H2,1H3,(H,32,34). The van der Waals surface area contributed by atoms with E-state index in [0.29, 0.717) is 29.9 Å². The monoisotopic (exact) mass is 484 g/mol. The minimum atomic E-state index is -0.00000606. The molecule has 35 heavy (non-hydrogen) atoms. The van der Waals surface area contributed by atoms with Gasteiger partial charge in [-0.25, -0.2) is 4.68 Å². The molecule has 0 spiro atoms. The summed E-state index contributed by atoms with van der Waals surface area (Å²) in [6, 6.07) is 0.204. The second kappa shape index (κ2) is 12.1. The van der Waals surface area contributed by atoms with Gasteiger partial charge in [0.2, 0.25) is 5.88 Å². The van der Waals surface area contributed by atoms with Crippen LogP contribution >= 0.6 is 0 Å². The number of fused-ring (bicyclic) bond motifs is 2. The predicted octanol–water partition coefficient (Wildman–Crippen LogP) is 5.57. The van der Waals surface area contributed by atoms with E-state index < -0.39 is 0 Å². The summed E-state index contributed by atoms with van der Waals surface area (Å²) >= 11 is 0. The SMILES string of the molecule is CC(NC(=O)c1cnn(CCC2CCNCC2)c1OCC1CCCCC1)C1CC2CCCC(C2)C1. The molecule has 2 bridgehead atoms. The molecule has 1 amide bonds. The molecule has 3 unspecified atom stereocenters. The zero-order chi connectivity index (χ0) is 24.0. The first-order valence-corrected chi connectivity index (χ1v) is 14.9. The maximum atomic E-state index is 13.5. The molecule has 3 saturated carbocycles. The molecule has 4 fully saturated rings. The summed E-state index contributed by atoms with van der Waals surface area (Å²) < 4.78 is 8.41. The van der Waals surface area contributed by atoms with E-state index in [1.165, 1.54) is 83.5 Å². The van der Waals surface area contributed by atoms with E-state index in [-0.39, 0.29) is 11.9 Å². The van der Waals surface area contributed by atoms with Gasteiger partial charge in [-0.15, -0.1) is 0 Å². The van der Waals surface area contributed by atoms with E-state index in [4.69, 9.17) is 4.74 Å². The van der Waals surface area contributed by atoms with Crippen molar-refractivity contribution in [2.24, 2.45) is 29.6 Å². The minimum absolute atomic E-state index is 0.00000606. The van der Waals surface area contributed by atoms with Crippen molar-refractivity contribution in [2.75, 3.05) is 19.7 Å². The summed E-state index contributed by atoms with van der Waals surface area (Å²) in [6.07, 6.45) is 19.9. The van der Waals surface area contributed by atoms with Crippen LogP contribution in [0, 0.1) is 29.6 Å². The maximum absolute atomic E-state index is 13.5. The van der Waals surface area contributed by atoms with Gasteiger partial charge in [-0.05, 0) is 101 Å². The number of hydrogen-bond donors (Lipinski definition) is 2. The van der Waals surface area contributed by atoms with Crippen molar-refractivity contribution in [2.45, 2.75) is 109 Å². The van der Waals surface area contributed by atoms with E-state index in [1.807, 2.05) is 4.68 Å². The molecule has 1 aliphatic heterocycles. The summed E-state index contributed by atoms with van der Waals surface area (Å²) in [5, 5.41) is 11.5. The largest absolute Gasteiger partial charge is 0.477 e. The summed E-state index contributed by atoms with van der Waals surface area (Å²) in [5.74, 6) is 4.39. The number of nitrogens with zero attached hydrogens (tertiary/aromatic N) is 2. The Hall–Kier alpha value is -1.56. The summed E-state index contributed by atoms with van der Waals surface area (Å²) in [6.45, 7) is 5.99. The van der Waals surface area contributed by atoms with Gasteiger partial charge < -0.3 is 15.4 Å². The number of piperidine rings is 1. The van der Waals surface area contributed by atoms with Gasteiger partial charge in [-0.3, -0.25) is 4.79 Å². The number of carbonyl (C=O) groups is 1. The van der Waals surface area contributed by atoms with Crippen LogP contribution in [0.3, 0.4) is 0 Å². The van der Waals surface area contributed by atoms with E-state index in [0.717, 1.165) is 43.8 Å². The second-order valence-electron chi connectivity index (χ2n) is 12.3. The lowest BCUT2D eigenvalue weighted by molar-refractivity contribution is 0.0848. The fraction of sp³-hybridized carbons (Fsp3) is 0.862. The molecule has 5 rings (SSSR count). The highest BCUT2D eigenvalue weighted by Crippen LogP contribution is 2.43. The average Bonchev–Trinajstić information content (AvgIpc) is 3.30. The van der Waals surface area contributed by atoms with Crippen LogP contribution < -0.4 is 15.4 Å². The highest BCUT2D eigenvalue weighted by Gasteiger charge is 2.35. The predicted molar refractivity (Wildman–Crippen MR) is 140 cm³/mol. The molecule has 196 valence electrons. The van der Waals surface area contributed by atoms with Gasteiger partial charge in [-0.2, -0.15) is 5.10 Å². The number of aromatic nitrogens is 2. The van der Waals surface area contributed by atoms with Crippen LogP contribution in [-0.4, -0.2) is 41.4 Å². The second-order valence-corrected chi connectivity index (χ2v) is 12.3. The molecule has 6 heteroatoms. The molecular formula is C29H48N4O2. The first-order chi connectivity index (χ1) is 17.2. The lowest BCUT2D eigenvalue weighted by Gasteiger charge is -2.41. The highest BCUT2D eigenvalue weighted by molar-refractivity contribution is 5.96. The van der Waals surface area contributed by atoms with Gasteiger partial charge in [0, 0.05) is 12.6 Å². The van der Waals surface area contributed by atoms with Gasteiger partial charge in [0.1, 0.15) is 5.56 Å². The van der Waals surface area contributed by atoms with Crippen molar-refractivity contribution in [1.82, 2.24) is 20.4 Å². The van der Waals surface area contributed by atoms with Gasteiger partial charge in [0.25, 0.3) is 5.91 Å². The molecule has 1 aromatic heterocycles. The third-order valence-electron chi connectivity index (χ3n) is 9.65.